The van der Waals surface area contributed by atoms with Gasteiger partial charge in [-0.25, -0.2) is 9.97 Å². The molecule has 7 nitrogen and oxygen atoms in total. The molecule has 0 saturated heterocycles. The van der Waals surface area contributed by atoms with Crippen molar-refractivity contribution in [3.05, 3.63) is 16.4 Å². The van der Waals surface area contributed by atoms with Crippen LogP contribution in [0.5, 0.6) is 0 Å². The lowest BCUT2D eigenvalue weighted by atomic mass is 10.0. The molecule has 19 heavy (non-hydrogen) atoms. The van der Waals surface area contributed by atoms with Gasteiger partial charge in [-0.15, -0.1) is 0 Å². The van der Waals surface area contributed by atoms with E-state index in [4.69, 9.17) is 5.73 Å². The van der Waals surface area contributed by atoms with E-state index in [1.165, 1.54) is 6.33 Å². The summed E-state index contributed by atoms with van der Waals surface area (Å²) in [5.74, 6) is 0.517. The number of hydrogen-bond donors (Lipinski definition) is 2. The first-order valence-electron chi connectivity index (χ1n) is 6.18. The highest BCUT2D eigenvalue weighted by atomic mass is 16.6. The lowest BCUT2D eigenvalue weighted by Gasteiger charge is -2.07. The molecule has 104 valence electrons. The fourth-order valence-corrected chi connectivity index (χ4v) is 2.74. The van der Waals surface area contributed by atoms with Crippen molar-refractivity contribution in [3.8, 4) is 0 Å². The maximum Gasteiger partial charge on any atom is 0.352 e. The van der Waals surface area contributed by atoms with E-state index in [-0.39, 0.29) is 28.2 Å². The van der Waals surface area contributed by atoms with E-state index >= 15 is 0 Å². The van der Waals surface area contributed by atoms with Gasteiger partial charge < -0.3 is 11.1 Å². The second-order valence-electron chi connectivity index (χ2n) is 6.09. The molecule has 1 aliphatic carbocycles. The van der Waals surface area contributed by atoms with Crippen molar-refractivity contribution >= 4 is 17.3 Å². The van der Waals surface area contributed by atoms with E-state index in [0.717, 1.165) is 0 Å². The van der Waals surface area contributed by atoms with E-state index in [1.807, 2.05) is 0 Å². The molecule has 0 aliphatic heterocycles. The Morgan fingerprint density at radius 2 is 1.95 bits per heavy atom. The van der Waals surface area contributed by atoms with Gasteiger partial charge in [0.2, 0.25) is 11.6 Å². The average Bonchev–Trinajstić information content (AvgIpc) is 2.66. The first-order chi connectivity index (χ1) is 8.69. The Bertz CT molecular complexity index is 513. The van der Waals surface area contributed by atoms with Crippen LogP contribution in [0.25, 0.3) is 0 Å². The highest BCUT2D eigenvalue weighted by molar-refractivity contribution is 5.67. The third-order valence-electron chi connectivity index (χ3n) is 4.83. The molecule has 1 aromatic heterocycles. The van der Waals surface area contributed by atoms with Crippen LogP contribution >= 0.6 is 0 Å². The number of anilines is 2. The maximum atomic E-state index is 11.0. The van der Waals surface area contributed by atoms with Gasteiger partial charge in [0.25, 0.3) is 0 Å². The summed E-state index contributed by atoms with van der Waals surface area (Å²) in [5, 5.41) is 14.0. The third kappa shape index (κ3) is 1.98. The zero-order chi connectivity index (χ0) is 14.4. The Morgan fingerprint density at radius 3 is 2.42 bits per heavy atom. The molecule has 0 aromatic carbocycles. The average molecular weight is 265 g/mol. The fraction of sp³-hybridized carbons (Fsp3) is 0.667. The van der Waals surface area contributed by atoms with Crippen molar-refractivity contribution in [2.75, 3.05) is 17.6 Å². The lowest BCUT2D eigenvalue weighted by Crippen LogP contribution is -2.12. The molecular formula is C12H19N5O2. The van der Waals surface area contributed by atoms with Gasteiger partial charge in [-0.3, -0.25) is 10.1 Å². The van der Waals surface area contributed by atoms with E-state index < -0.39 is 4.92 Å². The summed E-state index contributed by atoms with van der Waals surface area (Å²) in [6, 6.07) is 0. The predicted octanol–water partition coefficient (Wildman–Crippen LogP) is 2.06. The van der Waals surface area contributed by atoms with Crippen molar-refractivity contribution in [3.63, 3.8) is 0 Å². The normalized spacial score (nSPS) is 20.0. The molecule has 1 aliphatic rings. The molecule has 0 atom stereocenters. The Labute approximate surface area is 111 Å². The van der Waals surface area contributed by atoms with Crippen LogP contribution in [0.3, 0.4) is 0 Å². The number of nitro groups is 1. The topological polar surface area (TPSA) is 107 Å². The smallest absolute Gasteiger partial charge is 0.352 e. The number of nitrogens with zero attached hydrogens (tertiary/aromatic N) is 3. The van der Waals surface area contributed by atoms with Crippen LogP contribution in [-0.2, 0) is 0 Å². The molecule has 1 aromatic rings. The predicted molar refractivity (Wildman–Crippen MR) is 72.6 cm³/mol. The molecule has 3 N–H and O–H groups in total. The van der Waals surface area contributed by atoms with Crippen molar-refractivity contribution < 1.29 is 4.92 Å². The quantitative estimate of drug-likeness (QED) is 0.637. The number of nitrogen functional groups attached to an aromatic ring is 1. The van der Waals surface area contributed by atoms with Gasteiger partial charge in [0.1, 0.15) is 6.33 Å². The van der Waals surface area contributed by atoms with Gasteiger partial charge in [-0.2, -0.15) is 0 Å². The molecular weight excluding hydrogens is 246 g/mol. The van der Waals surface area contributed by atoms with E-state index in [0.29, 0.717) is 12.5 Å². The number of nitrogens with one attached hydrogen (secondary N) is 1. The van der Waals surface area contributed by atoms with Crippen LogP contribution in [0, 0.1) is 26.9 Å². The fourth-order valence-electron chi connectivity index (χ4n) is 2.74. The zero-order valence-electron chi connectivity index (χ0n) is 11.6. The first-order valence-corrected chi connectivity index (χ1v) is 6.18. The minimum atomic E-state index is -0.555. The van der Waals surface area contributed by atoms with E-state index in [1.54, 1.807) is 0 Å². The molecule has 7 heteroatoms. The molecule has 1 fully saturated rings. The van der Waals surface area contributed by atoms with Crippen molar-refractivity contribution in [2.24, 2.45) is 16.7 Å². The summed E-state index contributed by atoms with van der Waals surface area (Å²) >= 11 is 0. The van der Waals surface area contributed by atoms with Crippen molar-refractivity contribution in [2.45, 2.75) is 27.7 Å². The zero-order valence-corrected chi connectivity index (χ0v) is 11.6. The standard InChI is InChI=1S/C12H19N5O2/c1-11(2)7(12(11,3)4)5-14-10-8(17(18)19)9(13)15-6-16-10/h6-7H,5H2,1-4H3,(H3,13,14,15,16). The Balaban J connectivity index is 2.14. The van der Waals surface area contributed by atoms with Crippen LogP contribution in [0.15, 0.2) is 6.33 Å². The van der Waals surface area contributed by atoms with Crippen LogP contribution in [0.4, 0.5) is 17.3 Å². The van der Waals surface area contributed by atoms with Crippen LogP contribution in [0.1, 0.15) is 27.7 Å². The monoisotopic (exact) mass is 265 g/mol. The van der Waals surface area contributed by atoms with Gasteiger partial charge in [-0.05, 0) is 16.7 Å². The van der Waals surface area contributed by atoms with E-state index in [9.17, 15) is 10.1 Å². The van der Waals surface area contributed by atoms with Gasteiger partial charge in [0.05, 0.1) is 4.92 Å². The minimum Gasteiger partial charge on any atom is -0.378 e. The number of hydrogen-bond acceptors (Lipinski definition) is 6. The number of aromatic nitrogens is 2. The molecule has 0 spiro atoms. The largest absolute Gasteiger partial charge is 0.378 e. The summed E-state index contributed by atoms with van der Waals surface area (Å²) in [6.45, 7) is 9.42. The molecule has 0 amide bonds. The van der Waals surface area contributed by atoms with Gasteiger partial charge in [-0.1, -0.05) is 27.7 Å². The Morgan fingerprint density at radius 1 is 1.37 bits per heavy atom. The highest BCUT2D eigenvalue weighted by Gasteiger charge is 2.64. The lowest BCUT2D eigenvalue weighted by molar-refractivity contribution is -0.383. The third-order valence-corrected chi connectivity index (χ3v) is 4.83. The summed E-state index contributed by atoms with van der Waals surface area (Å²) in [5.41, 5.74) is 5.70. The SMILES string of the molecule is CC1(C)C(CNc2ncnc(N)c2[N+](=O)[O-])C1(C)C. The summed E-state index contributed by atoms with van der Waals surface area (Å²) in [6.07, 6.45) is 1.23. The molecule has 2 rings (SSSR count). The van der Waals surface area contributed by atoms with Gasteiger partial charge >= 0.3 is 5.69 Å². The van der Waals surface area contributed by atoms with E-state index in [2.05, 4.69) is 43.0 Å². The summed E-state index contributed by atoms with van der Waals surface area (Å²) in [4.78, 5) is 18.0. The number of nitrogens with two attached hydrogens (primary N) is 1. The van der Waals surface area contributed by atoms with Crippen molar-refractivity contribution in [1.82, 2.24) is 9.97 Å². The van der Waals surface area contributed by atoms with Gasteiger partial charge in [0.15, 0.2) is 0 Å². The summed E-state index contributed by atoms with van der Waals surface area (Å²) in [7, 11) is 0. The molecule has 0 unspecified atom stereocenters. The highest BCUT2D eigenvalue weighted by Crippen LogP contribution is 2.68. The van der Waals surface area contributed by atoms with Crippen LogP contribution in [-0.4, -0.2) is 21.4 Å². The van der Waals surface area contributed by atoms with Crippen LogP contribution in [0.2, 0.25) is 0 Å². The molecule has 0 bridgehead atoms. The second-order valence-corrected chi connectivity index (χ2v) is 6.09. The Kier molecular flexibility index (Phi) is 2.87. The van der Waals surface area contributed by atoms with Gasteiger partial charge in [0, 0.05) is 6.54 Å². The maximum absolute atomic E-state index is 11.0. The Hall–Kier alpha value is -1.92. The summed E-state index contributed by atoms with van der Waals surface area (Å²) < 4.78 is 0. The molecule has 1 saturated carbocycles. The molecule has 0 radical (unpaired) electrons. The number of rotatable bonds is 4. The van der Waals surface area contributed by atoms with Crippen molar-refractivity contribution in [1.29, 1.82) is 0 Å². The minimum absolute atomic E-state index is 0.114. The molecule has 1 heterocycles. The van der Waals surface area contributed by atoms with Crippen LogP contribution < -0.4 is 11.1 Å². The first kappa shape index (κ1) is 13.5. The second kappa shape index (κ2) is 4.04.